The van der Waals surface area contributed by atoms with Crippen LogP contribution in [-0.4, -0.2) is 18.2 Å². The SMILES string of the molecule is CCCCC=C(C)C(=O)OC(C)OC(C)=O. The van der Waals surface area contributed by atoms with E-state index in [1.165, 1.54) is 13.8 Å². The van der Waals surface area contributed by atoms with Gasteiger partial charge in [0.15, 0.2) is 0 Å². The van der Waals surface area contributed by atoms with E-state index < -0.39 is 18.2 Å². The van der Waals surface area contributed by atoms with Gasteiger partial charge in [-0.2, -0.15) is 0 Å². The van der Waals surface area contributed by atoms with Gasteiger partial charge in [-0.1, -0.05) is 25.8 Å². The second-order valence-electron chi connectivity index (χ2n) is 3.61. The van der Waals surface area contributed by atoms with Gasteiger partial charge < -0.3 is 9.47 Å². The summed E-state index contributed by atoms with van der Waals surface area (Å²) in [5, 5.41) is 0. The van der Waals surface area contributed by atoms with Gasteiger partial charge in [-0.15, -0.1) is 0 Å². The summed E-state index contributed by atoms with van der Waals surface area (Å²) in [5.41, 5.74) is 0.549. The van der Waals surface area contributed by atoms with Crippen molar-refractivity contribution in [2.45, 2.75) is 53.2 Å². The van der Waals surface area contributed by atoms with Gasteiger partial charge in [0.25, 0.3) is 0 Å². The van der Waals surface area contributed by atoms with Crippen LogP contribution in [0.3, 0.4) is 0 Å². The Hall–Kier alpha value is -1.32. The Labute approximate surface area is 96.6 Å². The summed E-state index contributed by atoms with van der Waals surface area (Å²) in [7, 11) is 0. The van der Waals surface area contributed by atoms with Gasteiger partial charge >= 0.3 is 11.9 Å². The van der Waals surface area contributed by atoms with Gasteiger partial charge in [0, 0.05) is 19.4 Å². The quantitative estimate of drug-likeness (QED) is 0.303. The maximum Gasteiger partial charge on any atom is 0.336 e. The smallest absolute Gasteiger partial charge is 0.336 e. The van der Waals surface area contributed by atoms with E-state index in [1.54, 1.807) is 6.92 Å². The van der Waals surface area contributed by atoms with E-state index in [0.717, 1.165) is 19.3 Å². The predicted molar refractivity (Wildman–Crippen MR) is 60.6 cm³/mol. The molecule has 0 spiro atoms. The first kappa shape index (κ1) is 14.7. The van der Waals surface area contributed by atoms with E-state index in [-0.39, 0.29) is 0 Å². The van der Waals surface area contributed by atoms with Crippen molar-refractivity contribution in [3.63, 3.8) is 0 Å². The van der Waals surface area contributed by atoms with E-state index in [4.69, 9.17) is 4.74 Å². The molecule has 16 heavy (non-hydrogen) atoms. The summed E-state index contributed by atoms with van der Waals surface area (Å²) in [6.45, 7) is 6.57. The van der Waals surface area contributed by atoms with Gasteiger partial charge in [0.2, 0.25) is 6.29 Å². The van der Waals surface area contributed by atoms with Crippen LogP contribution >= 0.6 is 0 Å². The summed E-state index contributed by atoms with van der Waals surface area (Å²) < 4.78 is 9.59. The van der Waals surface area contributed by atoms with Gasteiger partial charge in [-0.25, -0.2) is 4.79 Å². The lowest BCUT2D eigenvalue weighted by Gasteiger charge is -2.12. The normalized spacial score (nSPS) is 13.1. The minimum atomic E-state index is -0.834. The van der Waals surface area contributed by atoms with Crippen LogP contribution in [0.2, 0.25) is 0 Å². The zero-order valence-electron chi connectivity index (χ0n) is 10.4. The number of allylic oxidation sites excluding steroid dienone is 1. The second kappa shape index (κ2) is 7.91. The third kappa shape index (κ3) is 7.04. The minimum Gasteiger partial charge on any atom is -0.426 e. The topological polar surface area (TPSA) is 52.6 Å². The zero-order valence-corrected chi connectivity index (χ0v) is 10.4. The molecule has 0 fully saturated rings. The van der Waals surface area contributed by atoms with Crippen LogP contribution in [0.5, 0.6) is 0 Å². The van der Waals surface area contributed by atoms with Crippen molar-refractivity contribution in [3.8, 4) is 0 Å². The molecule has 0 amide bonds. The second-order valence-corrected chi connectivity index (χ2v) is 3.61. The lowest BCUT2D eigenvalue weighted by atomic mass is 10.2. The van der Waals surface area contributed by atoms with E-state index in [0.29, 0.717) is 5.57 Å². The predicted octanol–water partition coefficient (Wildman–Crippen LogP) is 2.58. The fourth-order valence-electron chi connectivity index (χ4n) is 1.11. The highest BCUT2D eigenvalue weighted by Gasteiger charge is 2.12. The van der Waals surface area contributed by atoms with Crippen LogP contribution in [0.1, 0.15) is 47.0 Å². The average Bonchev–Trinajstić information content (AvgIpc) is 2.16. The fraction of sp³-hybridized carbons (Fsp3) is 0.667. The molecule has 0 radical (unpaired) electrons. The molecule has 0 saturated heterocycles. The standard InChI is InChI=1S/C12H20O4/c1-5-6-7-8-9(2)12(14)16-11(4)15-10(3)13/h8,11H,5-7H2,1-4H3. The molecular weight excluding hydrogens is 208 g/mol. The summed E-state index contributed by atoms with van der Waals surface area (Å²) in [6, 6.07) is 0. The fourth-order valence-corrected chi connectivity index (χ4v) is 1.11. The highest BCUT2D eigenvalue weighted by atomic mass is 16.7. The number of esters is 2. The molecular formula is C12H20O4. The number of rotatable bonds is 6. The highest BCUT2D eigenvalue weighted by Crippen LogP contribution is 2.05. The summed E-state index contributed by atoms with van der Waals surface area (Å²) in [4.78, 5) is 22.0. The van der Waals surface area contributed by atoms with Crippen molar-refractivity contribution >= 4 is 11.9 Å². The Bertz CT molecular complexity index is 268. The van der Waals surface area contributed by atoms with Crippen LogP contribution in [0.15, 0.2) is 11.6 Å². The van der Waals surface area contributed by atoms with Crippen LogP contribution in [0.25, 0.3) is 0 Å². The molecule has 0 heterocycles. The van der Waals surface area contributed by atoms with Crippen LogP contribution in [0, 0.1) is 0 Å². The number of hydrogen-bond donors (Lipinski definition) is 0. The number of ether oxygens (including phenoxy) is 2. The maximum atomic E-state index is 11.4. The van der Waals surface area contributed by atoms with Crippen molar-refractivity contribution in [2.75, 3.05) is 0 Å². The van der Waals surface area contributed by atoms with Gasteiger partial charge in [-0.05, 0) is 13.3 Å². The number of hydrogen-bond acceptors (Lipinski definition) is 4. The van der Waals surface area contributed by atoms with E-state index in [1.807, 2.05) is 6.08 Å². The Morgan fingerprint density at radius 2 is 1.88 bits per heavy atom. The van der Waals surface area contributed by atoms with E-state index in [2.05, 4.69) is 11.7 Å². The average molecular weight is 228 g/mol. The minimum absolute atomic E-state index is 0.440. The summed E-state index contributed by atoms with van der Waals surface area (Å²) in [6.07, 6.45) is 4.00. The van der Waals surface area contributed by atoms with Crippen LogP contribution in [0.4, 0.5) is 0 Å². The van der Waals surface area contributed by atoms with Gasteiger partial charge in [0.1, 0.15) is 0 Å². The molecule has 0 rings (SSSR count). The van der Waals surface area contributed by atoms with Crippen LogP contribution in [-0.2, 0) is 19.1 Å². The Kier molecular flexibility index (Phi) is 7.25. The highest BCUT2D eigenvalue weighted by molar-refractivity contribution is 5.87. The molecule has 0 aromatic carbocycles. The summed E-state index contributed by atoms with van der Waals surface area (Å²) in [5.74, 6) is -0.905. The van der Waals surface area contributed by atoms with Gasteiger partial charge in [0.05, 0.1) is 0 Å². The molecule has 0 aliphatic rings. The molecule has 0 aromatic heterocycles. The third-order valence-corrected chi connectivity index (χ3v) is 1.94. The monoisotopic (exact) mass is 228 g/mol. The summed E-state index contributed by atoms with van der Waals surface area (Å²) >= 11 is 0. The molecule has 0 aliphatic heterocycles. The molecule has 0 aromatic rings. The first-order chi connectivity index (χ1) is 7.47. The first-order valence-electron chi connectivity index (χ1n) is 5.52. The Balaban J connectivity index is 4.04. The molecule has 0 aliphatic carbocycles. The van der Waals surface area contributed by atoms with E-state index >= 15 is 0 Å². The molecule has 1 atom stereocenters. The third-order valence-electron chi connectivity index (χ3n) is 1.94. The number of carbonyl (C=O) groups is 2. The Morgan fingerprint density at radius 3 is 2.38 bits per heavy atom. The molecule has 4 nitrogen and oxygen atoms in total. The number of carbonyl (C=O) groups excluding carboxylic acids is 2. The molecule has 4 heteroatoms. The molecule has 92 valence electrons. The van der Waals surface area contributed by atoms with E-state index in [9.17, 15) is 9.59 Å². The van der Waals surface area contributed by atoms with Crippen molar-refractivity contribution in [2.24, 2.45) is 0 Å². The number of unbranched alkanes of at least 4 members (excludes halogenated alkanes) is 2. The first-order valence-corrected chi connectivity index (χ1v) is 5.52. The molecule has 0 N–H and O–H groups in total. The molecule has 0 bridgehead atoms. The van der Waals surface area contributed by atoms with Crippen molar-refractivity contribution in [1.82, 2.24) is 0 Å². The maximum absolute atomic E-state index is 11.4. The molecule has 0 saturated carbocycles. The van der Waals surface area contributed by atoms with Crippen molar-refractivity contribution < 1.29 is 19.1 Å². The van der Waals surface area contributed by atoms with Crippen molar-refractivity contribution in [1.29, 1.82) is 0 Å². The Morgan fingerprint density at radius 1 is 1.25 bits per heavy atom. The lowest BCUT2D eigenvalue weighted by molar-refractivity contribution is -0.179. The molecule has 1 unspecified atom stereocenters. The largest absolute Gasteiger partial charge is 0.426 e. The van der Waals surface area contributed by atoms with Gasteiger partial charge in [-0.3, -0.25) is 4.79 Å². The lowest BCUT2D eigenvalue weighted by Crippen LogP contribution is -2.20. The van der Waals surface area contributed by atoms with Crippen molar-refractivity contribution in [3.05, 3.63) is 11.6 Å². The zero-order chi connectivity index (χ0) is 12.6. The van der Waals surface area contributed by atoms with Crippen LogP contribution < -0.4 is 0 Å².